The smallest absolute Gasteiger partial charge is 0.353 e. The summed E-state index contributed by atoms with van der Waals surface area (Å²) in [6.45, 7) is 0. The number of carbonyl (C=O) groups is 3. The van der Waals surface area contributed by atoms with E-state index in [-0.39, 0.29) is 23.7 Å². The quantitative estimate of drug-likeness (QED) is 0.226. The van der Waals surface area contributed by atoms with Crippen molar-refractivity contribution < 1.29 is 19.1 Å². The number of rotatable bonds is 3. The maximum atomic E-state index is 13.8. The molecule has 3 aromatic carbocycles. The van der Waals surface area contributed by atoms with Crippen LogP contribution in [0.3, 0.4) is 0 Å². The minimum atomic E-state index is -0.431. The largest absolute Gasteiger partial charge is 0.422 e. The number of ether oxygens (including phenoxy) is 1. The highest BCUT2D eigenvalue weighted by Gasteiger charge is 2.61. The zero-order chi connectivity index (χ0) is 23.7. The van der Waals surface area contributed by atoms with Gasteiger partial charge in [-0.15, -0.1) is 11.3 Å². The lowest BCUT2D eigenvalue weighted by Crippen LogP contribution is -2.41. The number of imide groups is 1. The highest BCUT2D eigenvalue weighted by molar-refractivity contribution is 7.12. The molecule has 1 aliphatic heterocycles. The summed E-state index contributed by atoms with van der Waals surface area (Å²) in [5, 5.41) is 1.81. The number of hydrogen-bond acceptors (Lipinski definition) is 5. The average molecular weight is 478 g/mol. The molecule has 0 saturated carbocycles. The van der Waals surface area contributed by atoms with E-state index in [4.69, 9.17) is 4.74 Å². The first-order valence-corrected chi connectivity index (χ1v) is 12.4. The van der Waals surface area contributed by atoms with Crippen molar-refractivity contribution >= 4 is 34.8 Å². The molecule has 5 nitrogen and oxygen atoms in total. The highest BCUT2D eigenvalue weighted by Crippen LogP contribution is 2.61. The van der Waals surface area contributed by atoms with E-state index in [9.17, 15) is 14.4 Å². The molecule has 2 heterocycles. The molecular weight excluding hydrogens is 458 g/mol. The molecule has 4 aromatic rings. The number of esters is 1. The molecule has 1 aromatic heterocycles. The molecule has 3 aliphatic carbocycles. The fourth-order valence-electron chi connectivity index (χ4n) is 6.15. The van der Waals surface area contributed by atoms with Gasteiger partial charge in [-0.25, -0.2) is 9.69 Å². The summed E-state index contributed by atoms with van der Waals surface area (Å²) >= 11 is 1.31. The van der Waals surface area contributed by atoms with Crippen LogP contribution in [0.25, 0.3) is 0 Å². The SMILES string of the molecule is O=C(Oc1ccc(N2C(=O)C3C4c5ccccc5C(c5ccccc54)C3C2=O)cc1)c1cccs1. The minimum absolute atomic E-state index is 0.134. The summed E-state index contributed by atoms with van der Waals surface area (Å²) in [6, 6.07) is 26.5. The van der Waals surface area contributed by atoms with Crippen LogP contribution in [0.5, 0.6) is 5.75 Å². The van der Waals surface area contributed by atoms with E-state index < -0.39 is 17.8 Å². The Hall–Kier alpha value is -4.03. The summed E-state index contributed by atoms with van der Waals surface area (Å²) < 4.78 is 5.44. The molecule has 2 bridgehead atoms. The standard InChI is InChI=1S/C29H19NO4S/c31-27-25-23-18-6-1-2-7-19(18)24(21-9-4-3-8-20(21)23)26(25)28(32)30(27)16-11-13-17(14-12-16)34-29(33)22-10-5-15-35-22/h1-15,23-26H. The second-order valence-electron chi connectivity index (χ2n) is 9.14. The van der Waals surface area contributed by atoms with Gasteiger partial charge in [0, 0.05) is 11.8 Å². The van der Waals surface area contributed by atoms with E-state index in [1.807, 2.05) is 29.6 Å². The number of benzene rings is 3. The molecular formula is C29H19NO4S. The molecule has 2 unspecified atom stereocenters. The van der Waals surface area contributed by atoms with Crippen molar-refractivity contribution in [2.75, 3.05) is 4.90 Å². The zero-order valence-corrected chi connectivity index (χ0v) is 19.3. The third-order valence-electron chi connectivity index (χ3n) is 7.48. The Kier molecular flexibility index (Phi) is 4.35. The van der Waals surface area contributed by atoms with E-state index >= 15 is 0 Å². The topological polar surface area (TPSA) is 63.7 Å². The maximum absolute atomic E-state index is 13.8. The molecule has 4 aliphatic rings. The zero-order valence-electron chi connectivity index (χ0n) is 18.5. The maximum Gasteiger partial charge on any atom is 0.353 e. The van der Waals surface area contributed by atoms with E-state index in [1.54, 1.807) is 36.4 Å². The molecule has 170 valence electrons. The van der Waals surface area contributed by atoms with Gasteiger partial charge >= 0.3 is 5.97 Å². The Labute approximate surface area is 205 Å². The number of nitrogens with zero attached hydrogens (tertiary/aromatic N) is 1. The lowest BCUT2D eigenvalue weighted by Gasteiger charge is -2.45. The molecule has 0 radical (unpaired) electrons. The van der Waals surface area contributed by atoms with Gasteiger partial charge in [-0.05, 0) is 58.0 Å². The monoisotopic (exact) mass is 477 g/mol. The van der Waals surface area contributed by atoms with Crippen LogP contribution >= 0.6 is 11.3 Å². The van der Waals surface area contributed by atoms with Gasteiger partial charge in [0.05, 0.1) is 17.5 Å². The Morgan fingerprint density at radius 2 is 1.20 bits per heavy atom. The summed E-state index contributed by atoms with van der Waals surface area (Å²) in [6.07, 6.45) is 0. The van der Waals surface area contributed by atoms with Crippen LogP contribution in [0.2, 0.25) is 0 Å². The fourth-order valence-corrected chi connectivity index (χ4v) is 6.75. The molecule has 8 rings (SSSR count). The number of thiophene rings is 1. The molecule has 0 spiro atoms. The fraction of sp³-hybridized carbons (Fsp3) is 0.138. The lowest BCUT2D eigenvalue weighted by molar-refractivity contribution is -0.122. The first-order chi connectivity index (χ1) is 17.1. The molecule has 2 atom stereocenters. The van der Waals surface area contributed by atoms with Gasteiger partial charge in [-0.2, -0.15) is 0 Å². The number of hydrogen-bond donors (Lipinski definition) is 0. The van der Waals surface area contributed by atoms with Gasteiger partial charge in [0.15, 0.2) is 0 Å². The molecule has 2 amide bonds. The van der Waals surface area contributed by atoms with Crippen LogP contribution in [-0.2, 0) is 9.59 Å². The predicted octanol–water partition coefficient (Wildman–Crippen LogP) is 5.36. The van der Waals surface area contributed by atoms with Crippen LogP contribution in [0.1, 0.15) is 43.8 Å². The van der Waals surface area contributed by atoms with Crippen LogP contribution < -0.4 is 9.64 Å². The summed E-state index contributed by atoms with van der Waals surface area (Å²) in [5.41, 5.74) is 5.10. The van der Waals surface area contributed by atoms with E-state index in [2.05, 4.69) is 24.3 Å². The van der Waals surface area contributed by atoms with Crippen LogP contribution in [0.4, 0.5) is 5.69 Å². The number of anilines is 1. The van der Waals surface area contributed by atoms with Crippen molar-refractivity contribution in [3.8, 4) is 5.75 Å². The minimum Gasteiger partial charge on any atom is -0.422 e. The van der Waals surface area contributed by atoms with Crippen LogP contribution in [0.15, 0.2) is 90.3 Å². The third-order valence-corrected chi connectivity index (χ3v) is 8.33. The van der Waals surface area contributed by atoms with Gasteiger partial charge in [0.25, 0.3) is 0 Å². The third kappa shape index (κ3) is 2.83. The first-order valence-electron chi connectivity index (χ1n) is 11.5. The molecule has 1 fully saturated rings. The Balaban J connectivity index is 1.24. The normalized spacial score (nSPS) is 23.6. The highest BCUT2D eigenvalue weighted by atomic mass is 32.1. The van der Waals surface area contributed by atoms with Crippen molar-refractivity contribution in [3.63, 3.8) is 0 Å². The number of amides is 2. The molecule has 6 heteroatoms. The van der Waals surface area contributed by atoms with Gasteiger partial charge in [-0.1, -0.05) is 54.6 Å². The molecule has 0 N–H and O–H groups in total. The van der Waals surface area contributed by atoms with Crippen molar-refractivity contribution in [1.29, 1.82) is 0 Å². The van der Waals surface area contributed by atoms with Gasteiger partial charge < -0.3 is 4.74 Å². The Morgan fingerprint density at radius 1 is 0.686 bits per heavy atom. The van der Waals surface area contributed by atoms with Gasteiger partial charge in [-0.3, -0.25) is 9.59 Å². The summed E-state index contributed by atoms with van der Waals surface area (Å²) in [4.78, 5) is 41.7. The second-order valence-corrected chi connectivity index (χ2v) is 10.1. The van der Waals surface area contributed by atoms with Crippen molar-refractivity contribution in [2.24, 2.45) is 11.8 Å². The summed E-state index contributed by atoms with van der Waals surface area (Å²) in [7, 11) is 0. The average Bonchev–Trinajstić information content (AvgIpc) is 3.52. The van der Waals surface area contributed by atoms with E-state index in [1.165, 1.54) is 16.2 Å². The first kappa shape index (κ1) is 20.4. The predicted molar refractivity (Wildman–Crippen MR) is 132 cm³/mol. The molecule has 35 heavy (non-hydrogen) atoms. The van der Waals surface area contributed by atoms with E-state index in [0.717, 1.165) is 22.3 Å². The Bertz CT molecular complexity index is 1390. The van der Waals surface area contributed by atoms with Crippen LogP contribution in [0, 0.1) is 11.8 Å². The van der Waals surface area contributed by atoms with Crippen LogP contribution in [-0.4, -0.2) is 17.8 Å². The second kappa shape index (κ2) is 7.48. The van der Waals surface area contributed by atoms with Crippen molar-refractivity contribution in [2.45, 2.75) is 11.8 Å². The van der Waals surface area contributed by atoms with Crippen molar-refractivity contribution in [1.82, 2.24) is 0 Å². The van der Waals surface area contributed by atoms with E-state index in [0.29, 0.717) is 16.3 Å². The number of carbonyl (C=O) groups excluding carboxylic acids is 3. The van der Waals surface area contributed by atoms with Gasteiger partial charge in [0.2, 0.25) is 11.8 Å². The van der Waals surface area contributed by atoms with Gasteiger partial charge in [0.1, 0.15) is 10.6 Å². The Morgan fingerprint density at radius 3 is 1.66 bits per heavy atom. The molecule has 1 saturated heterocycles. The lowest BCUT2D eigenvalue weighted by atomic mass is 9.55. The van der Waals surface area contributed by atoms with Crippen molar-refractivity contribution in [3.05, 3.63) is 117 Å². The summed E-state index contributed by atoms with van der Waals surface area (Å²) in [5.74, 6) is -1.51.